The number of ether oxygens (including phenoxy) is 2. The van der Waals surface area contributed by atoms with Crippen LogP contribution in [0.3, 0.4) is 0 Å². The second-order valence-electron chi connectivity index (χ2n) is 5.17. The molecule has 9 heteroatoms. The van der Waals surface area contributed by atoms with E-state index in [1.165, 1.54) is 23.5 Å². The first-order valence-electron chi connectivity index (χ1n) is 7.75. The molecule has 2 aromatic carbocycles. The van der Waals surface area contributed by atoms with Crippen LogP contribution in [0.25, 0.3) is 10.2 Å². The van der Waals surface area contributed by atoms with Gasteiger partial charge in [-0.2, -0.15) is 0 Å². The van der Waals surface area contributed by atoms with Crippen molar-refractivity contribution in [2.24, 2.45) is 0 Å². The highest BCUT2D eigenvalue weighted by Crippen LogP contribution is 2.28. The molecule has 1 N–H and O–H groups in total. The fourth-order valence-electron chi connectivity index (χ4n) is 2.19. The van der Waals surface area contributed by atoms with E-state index >= 15 is 0 Å². The minimum absolute atomic E-state index is 0.0421. The molecule has 3 aromatic rings. The molecular formula is C17H15N3O5S. The van der Waals surface area contributed by atoms with Gasteiger partial charge in [0.25, 0.3) is 11.6 Å². The molecule has 0 saturated heterocycles. The van der Waals surface area contributed by atoms with Crippen LogP contribution >= 0.6 is 11.3 Å². The minimum atomic E-state index is -0.484. The van der Waals surface area contributed by atoms with Gasteiger partial charge in [0.1, 0.15) is 11.5 Å². The van der Waals surface area contributed by atoms with Crippen molar-refractivity contribution in [3.05, 3.63) is 52.6 Å². The molecule has 0 spiro atoms. The summed E-state index contributed by atoms with van der Waals surface area (Å²) in [7, 11) is 0. The van der Waals surface area contributed by atoms with Gasteiger partial charge in [-0.25, -0.2) is 4.98 Å². The highest BCUT2D eigenvalue weighted by atomic mass is 32.1. The SMILES string of the molecule is CCOc1ccc(OCC(=O)Nc2nc3cc([N+](=O)[O-])ccc3s2)cc1. The maximum atomic E-state index is 12.0. The Morgan fingerprint density at radius 2 is 1.88 bits per heavy atom. The molecular weight excluding hydrogens is 358 g/mol. The predicted octanol–water partition coefficient (Wildman–Crippen LogP) is 3.62. The molecule has 1 heterocycles. The zero-order chi connectivity index (χ0) is 18.5. The number of nitro groups is 1. The summed E-state index contributed by atoms with van der Waals surface area (Å²) in [5, 5.41) is 13.8. The summed E-state index contributed by atoms with van der Waals surface area (Å²) < 4.78 is 11.5. The first-order chi connectivity index (χ1) is 12.5. The van der Waals surface area contributed by atoms with Gasteiger partial charge in [-0.05, 0) is 37.3 Å². The van der Waals surface area contributed by atoms with E-state index < -0.39 is 4.92 Å². The van der Waals surface area contributed by atoms with Crippen LogP contribution in [0.2, 0.25) is 0 Å². The summed E-state index contributed by atoms with van der Waals surface area (Å²) in [6, 6.07) is 11.3. The van der Waals surface area contributed by atoms with Gasteiger partial charge in [0.05, 0.1) is 21.7 Å². The Balaban J connectivity index is 1.59. The number of nitrogens with zero attached hydrogens (tertiary/aromatic N) is 2. The number of nitro benzene ring substituents is 1. The number of rotatable bonds is 7. The molecule has 0 aliphatic rings. The van der Waals surface area contributed by atoms with Crippen molar-refractivity contribution in [3.63, 3.8) is 0 Å². The summed E-state index contributed by atoms with van der Waals surface area (Å²) >= 11 is 1.24. The Labute approximate surface area is 152 Å². The molecule has 0 aliphatic carbocycles. The molecule has 8 nitrogen and oxygen atoms in total. The highest BCUT2D eigenvalue weighted by molar-refractivity contribution is 7.22. The summed E-state index contributed by atoms with van der Waals surface area (Å²) in [6.07, 6.45) is 0. The number of carbonyl (C=O) groups excluding carboxylic acids is 1. The van der Waals surface area contributed by atoms with E-state index in [1.54, 1.807) is 30.3 Å². The Kier molecular flexibility index (Phi) is 5.28. The van der Waals surface area contributed by atoms with Gasteiger partial charge in [-0.15, -0.1) is 0 Å². The molecule has 0 saturated carbocycles. The predicted molar refractivity (Wildman–Crippen MR) is 98.0 cm³/mol. The Bertz CT molecular complexity index is 939. The van der Waals surface area contributed by atoms with E-state index in [-0.39, 0.29) is 18.2 Å². The third-order valence-electron chi connectivity index (χ3n) is 3.33. The topological polar surface area (TPSA) is 104 Å². The second-order valence-corrected chi connectivity index (χ2v) is 6.20. The number of benzene rings is 2. The molecule has 134 valence electrons. The summed E-state index contributed by atoms with van der Waals surface area (Å²) in [5.74, 6) is 0.906. The van der Waals surface area contributed by atoms with Crippen molar-refractivity contribution in [1.29, 1.82) is 0 Å². The smallest absolute Gasteiger partial charge is 0.271 e. The van der Waals surface area contributed by atoms with Crippen molar-refractivity contribution in [2.45, 2.75) is 6.92 Å². The molecule has 0 bridgehead atoms. The van der Waals surface area contributed by atoms with Gasteiger partial charge >= 0.3 is 0 Å². The summed E-state index contributed by atoms with van der Waals surface area (Å²) in [5.41, 5.74) is 0.423. The third kappa shape index (κ3) is 4.25. The van der Waals surface area contributed by atoms with Gasteiger partial charge in [-0.3, -0.25) is 20.2 Å². The molecule has 3 rings (SSSR count). The van der Waals surface area contributed by atoms with E-state index in [1.807, 2.05) is 6.92 Å². The average Bonchev–Trinajstić information content (AvgIpc) is 3.02. The number of anilines is 1. The van der Waals surface area contributed by atoms with E-state index in [9.17, 15) is 14.9 Å². The molecule has 26 heavy (non-hydrogen) atoms. The normalized spacial score (nSPS) is 10.5. The van der Waals surface area contributed by atoms with Crippen molar-refractivity contribution < 1.29 is 19.2 Å². The Morgan fingerprint density at radius 1 is 1.19 bits per heavy atom. The molecule has 0 aliphatic heterocycles. The minimum Gasteiger partial charge on any atom is -0.494 e. The number of fused-ring (bicyclic) bond motifs is 1. The number of carbonyl (C=O) groups is 1. The van der Waals surface area contributed by atoms with Gasteiger partial charge < -0.3 is 9.47 Å². The number of aromatic nitrogens is 1. The zero-order valence-electron chi connectivity index (χ0n) is 13.8. The second kappa shape index (κ2) is 7.79. The van der Waals surface area contributed by atoms with Gasteiger partial charge in [-0.1, -0.05) is 11.3 Å². The number of amides is 1. The van der Waals surface area contributed by atoms with Crippen molar-refractivity contribution >= 4 is 38.3 Å². The van der Waals surface area contributed by atoms with Crippen LogP contribution in [-0.4, -0.2) is 29.0 Å². The number of nitrogens with one attached hydrogen (secondary N) is 1. The maximum Gasteiger partial charge on any atom is 0.271 e. The van der Waals surface area contributed by atoms with Crippen LogP contribution in [0, 0.1) is 10.1 Å². The van der Waals surface area contributed by atoms with E-state index in [4.69, 9.17) is 9.47 Å². The van der Waals surface area contributed by atoms with Crippen LogP contribution in [-0.2, 0) is 4.79 Å². The quantitative estimate of drug-likeness (QED) is 0.501. The summed E-state index contributed by atoms with van der Waals surface area (Å²) in [4.78, 5) is 26.5. The van der Waals surface area contributed by atoms with Gasteiger partial charge in [0.15, 0.2) is 11.7 Å². The van der Waals surface area contributed by atoms with Crippen molar-refractivity contribution in [2.75, 3.05) is 18.5 Å². The Morgan fingerprint density at radius 3 is 2.54 bits per heavy atom. The first-order valence-corrected chi connectivity index (χ1v) is 8.57. The Hall–Kier alpha value is -3.20. The van der Waals surface area contributed by atoms with Gasteiger partial charge in [0.2, 0.25) is 0 Å². The van der Waals surface area contributed by atoms with E-state index in [0.717, 1.165) is 10.4 Å². The van der Waals surface area contributed by atoms with Crippen LogP contribution in [0.15, 0.2) is 42.5 Å². The van der Waals surface area contributed by atoms with Crippen molar-refractivity contribution in [3.8, 4) is 11.5 Å². The fourth-order valence-corrected chi connectivity index (χ4v) is 3.05. The van der Waals surface area contributed by atoms with Crippen molar-refractivity contribution in [1.82, 2.24) is 4.98 Å². The van der Waals surface area contributed by atoms with Crippen LogP contribution in [0.5, 0.6) is 11.5 Å². The first kappa shape index (κ1) is 17.6. The molecule has 1 aromatic heterocycles. The molecule has 0 fully saturated rings. The third-order valence-corrected chi connectivity index (χ3v) is 4.28. The number of thiazole rings is 1. The number of non-ortho nitro benzene ring substituents is 1. The lowest BCUT2D eigenvalue weighted by molar-refractivity contribution is -0.384. The van der Waals surface area contributed by atoms with Crippen LogP contribution in [0.4, 0.5) is 10.8 Å². The maximum absolute atomic E-state index is 12.0. The lowest BCUT2D eigenvalue weighted by Crippen LogP contribution is -2.19. The lowest BCUT2D eigenvalue weighted by atomic mass is 10.3. The lowest BCUT2D eigenvalue weighted by Gasteiger charge is -2.07. The molecule has 0 atom stereocenters. The monoisotopic (exact) mass is 373 g/mol. The summed E-state index contributed by atoms with van der Waals surface area (Å²) in [6.45, 7) is 2.30. The fraction of sp³-hybridized carbons (Fsp3) is 0.176. The largest absolute Gasteiger partial charge is 0.494 e. The molecule has 0 unspecified atom stereocenters. The van der Waals surface area contributed by atoms with Gasteiger partial charge in [0, 0.05) is 12.1 Å². The standard InChI is InChI=1S/C17H15N3O5S/c1-2-24-12-4-6-13(7-5-12)25-10-16(21)19-17-18-14-9-11(20(22)23)3-8-15(14)26-17/h3-9H,2,10H2,1H3,(H,18,19,21). The van der Waals surface area contributed by atoms with Crippen LogP contribution < -0.4 is 14.8 Å². The molecule has 0 radical (unpaired) electrons. The number of hydrogen-bond donors (Lipinski definition) is 1. The molecule has 1 amide bonds. The highest BCUT2D eigenvalue weighted by Gasteiger charge is 2.12. The zero-order valence-corrected chi connectivity index (χ0v) is 14.6. The van der Waals surface area contributed by atoms with E-state index in [0.29, 0.717) is 23.0 Å². The number of hydrogen-bond acceptors (Lipinski definition) is 7. The van der Waals surface area contributed by atoms with E-state index in [2.05, 4.69) is 10.3 Å². The average molecular weight is 373 g/mol. The van der Waals surface area contributed by atoms with Crippen LogP contribution in [0.1, 0.15) is 6.92 Å².